The maximum Gasteiger partial charge on any atom is 0.167 e. The van der Waals surface area contributed by atoms with Crippen LogP contribution in [0.1, 0.15) is 21.8 Å². The Morgan fingerprint density at radius 1 is 1.00 bits per heavy atom. The number of likely N-dealkylation sites (N-methyl/N-ethyl adjacent to an activating group) is 1. The van der Waals surface area contributed by atoms with Crippen LogP contribution in [0.5, 0.6) is 0 Å². The van der Waals surface area contributed by atoms with E-state index in [2.05, 4.69) is 4.90 Å². The molecule has 1 heterocycles. The lowest BCUT2D eigenvalue weighted by atomic mass is 9.84. The van der Waals surface area contributed by atoms with Crippen LogP contribution < -0.4 is 0 Å². The molecule has 0 amide bonds. The third-order valence-corrected chi connectivity index (χ3v) is 5.14. The van der Waals surface area contributed by atoms with Gasteiger partial charge in [-0.25, -0.2) is 0 Å². The Morgan fingerprint density at radius 3 is 2.30 bits per heavy atom. The molecule has 120 valence electrons. The molecule has 1 aliphatic rings. The number of hydrogen-bond donors (Lipinski definition) is 0. The van der Waals surface area contributed by atoms with Crippen LogP contribution >= 0.6 is 34.8 Å². The number of ketones is 1. The molecule has 5 heteroatoms. The number of hydrogen-bond acceptors (Lipinski definition) is 2. The third-order valence-electron chi connectivity index (χ3n) is 4.33. The van der Waals surface area contributed by atoms with E-state index in [1.807, 2.05) is 19.2 Å². The highest BCUT2D eigenvalue weighted by molar-refractivity contribution is 6.35. The molecular weight excluding hydrogens is 353 g/mol. The molecule has 0 spiro atoms. The maximum atomic E-state index is 12.9. The van der Waals surface area contributed by atoms with Crippen LogP contribution in [0, 0.1) is 5.92 Å². The summed E-state index contributed by atoms with van der Waals surface area (Å²) < 4.78 is 0. The summed E-state index contributed by atoms with van der Waals surface area (Å²) in [6, 6.07) is 12.5. The van der Waals surface area contributed by atoms with Gasteiger partial charge in [0.1, 0.15) is 0 Å². The normalized spacial score (nSPS) is 21.6. The first-order valence-electron chi connectivity index (χ1n) is 7.39. The number of nitrogens with zero attached hydrogens (tertiary/aromatic N) is 1. The first kappa shape index (κ1) is 16.8. The third kappa shape index (κ3) is 3.56. The van der Waals surface area contributed by atoms with Gasteiger partial charge in [0, 0.05) is 45.6 Å². The van der Waals surface area contributed by atoms with E-state index >= 15 is 0 Å². The molecule has 0 aliphatic carbocycles. The molecule has 0 bridgehead atoms. The van der Waals surface area contributed by atoms with Gasteiger partial charge in [0.2, 0.25) is 0 Å². The molecule has 0 unspecified atom stereocenters. The summed E-state index contributed by atoms with van der Waals surface area (Å²) in [6.45, 7) is 1.51. The van der Waals surface area contributed by atoms with Crippen molar-refractivity contribution in [1.29, 1.82) is 0 Å². The standard InChI is InChI=1S/C18H16Cl3NO/c1-22-9-15(14-7-6-13(20)8-17(14)21)16(10-22)18(23)11-2-4-12(19)5-3-11/h2-8,15-16H,9-10H2,1H3/t15-,16+/m1/s1. The molecule has 1 saturated heterocycles. The van der Waals surface area contributed by atoms with Crippen LogP contribution in [-0.4, -0.2) is 30.8 Å². The summed E-state index contributed by atoms with van der Waals surface area (Å²) in [7, 11) is 2.02. The monoisotopic (exact) mass is 367 g/mol. The highest BCUT2D eigenvalue weighted by Gasteiger charge is 2.38. The Morgan fingerprint density at radius 2 is 1.65 bits per heavy atom. The van der Waals surface area contributed by atoms with Crippen molar-refractivity contribution in [3.8, 4) is 0 Å². The van der Waals surface area contributed by atoms with E-state index in [-0.39, 0.29) is 17.6 Å². The van der Waals surface area contributed by atoms with Crippen molar-refractivity contribution in [3.63, 3.8) is 0 Å². The smallest absolute Gasteiger partial charge is 0.167 e. The highest BCUT2D eigenvalue weighted by Crippen LogP contribution is 2.38. The lowest BCUT2D eigenvalue weighted by Crippen LogP contribution is -2.22. The minimum atomic E-state index is -0.125. The van der Waals surface area contributed by atoms with E-state index in [4.69, 9.17) is 34.8 Å². The number of Topliss-reactive ketones (excluding diaryl/α,β-unsaturated/α-hetero) is 1. The number of rotatable bonds is 3. The fourth-order valence-corrected chi connectivity index (χ4v) is 3.89. The zero-order chi connectivity index (χ0) is 16.6. The van der Waals surface area contributed by atoms with E-state index in [0.717, 1.165) is 12.1 Å². The van der Waals surface area contributed by atoms with E-state index in [0.29, 0.717) is 27.2 Å². The van der Waals surface area contributed by atoms with E-state index in [1.54, 1.807) is 30.3 Å². The lowest BCUT2D eigenvalue weighted by molar-refractivity contribution is 0.0916. The second-order valence-corrected chi connectivity index (χ2v) is 7.25. The molecular formula is C18H16Cl3NO. The Balaban J connectivity index is 1.93. The molecule has 0 N–H and O–H groups in total. The van der Waals surface area contributed by atoms with Gasteiger partial charge in [-0.1, -0.05) is 40.9 Å². The van der Waals surface area contributed by atoms with Gasteiger partial charge >= 0.3 is 0 Å². The molecule has 23 heavy (non-hydrogen) atoms. The molecule has 2 nitrogen and oxygen atoms in total. The molecule has 0 saturated carbocycles. The molecule has 2 aromatic rings. The average Bonchev–Trinajstić information content (AvgIpc) is 2.89. The second kappa shape index (κ2) is 6.82. The van der Waals surface area contributed by atoms with Gasteiger partial charge in [-0.15, -0.1) is 0 Å². The Hall–Kier alpha value is -1.06. The van der Waals surface area contributed by atoms with Gasteiger partial charge in [0.15, 0.2) is 5.78 Å². The number of halogens is 3. The van der Waals surface area contributed by atoms with Crippen LogP contribution in [0.2, 0.25) is 15.1 Å². The topological polar surface area (TPSA) is 20.3 Å². The van der Waals surface area contributed by atoms with Crippen LogP contribution in [0.4, 0.5) is 0 Å². The SMILES string of the molecule is CN1C[C@H](C(=O)c2ccc(Cl)cc2)[C@@H](c2ccc(Cl)cc2Cl)C1. The average molecular weight is 369 g/mol. The lowest BCUT2D eigenvalue weighted by Gasteiger charge is -2.19. The van der Waals surface area contributed by atoms with Crippen molar-refractivity contribution < 1.29 is 4.79 Å². The van der Waals surface area contributed by atoms with Crippen molar-refractivity contribution >= 4 is 40.6 Å². The van der Waals surface area contributed by atoms with Gasteiger partial charge in [0.05, 0.1) is 0 Å². The van der Waals surface area contributed by atoms with Crippen LogP contribution in [0.25, 0.3) is 0 Å². The first-order chi connectivity index (χ1) is 11.0. The van der Waals surface area contributed by atoms with Crippen LogP contribution in [0.15, 0.2) is 42.5 Å². The molecule has 2 atom stereocenters. The summed E-state index contributed by atoms with van der Waals surface area (Å²) in [5, 5.41) is 1.85. The van der Waals surface area contributed by atoms with Crippen LogP contribution in [-0.2, 0) is 0 Å². The highest BCUT2D eigenvalue weighted by atomic mass is 35.5. The van der Waals surface area contributed by atoms with E-state index < -0.39 is 0 Å². The Bertz CT molecular complexity index is 730. The molecule has 1 fully saturated rings. The largest absolute Gasteiger partial charge is 0.305 e. The number of carbonyl (C=O) groups is 1. The van der Waals surface area contributed by atoms with E-state index in [9.17, 15) is 4.79 Å². The predicted molar refractivity (Wildman–Crippen MR) is 96.0 cm³/mol. The fraction of sp³-hybridized carbons (Fsp3) is 0.278. The fourth-order valence-electron chi connectivity index (χ4n) is 3.21. The minimum Gasteiger partial charge on any atom is -0.305 e. The van der Waals surface area contributed by atoms with E-state index in [1.165, 1.54) is 0 Å². The summed E-state index contributed by atoms with van der Waals surface area (Å²) in [4.78, 5) is 15.1. The summed E-state index contributed by atoms with van der Waals surface area (Å²) in [6.07, 6.45) is 0. The van der Waals surface area contributed by atoms with Crippen molar-refractivity contribution in [1.82, 2.24) is 4.90 Å². The molecule has 1 aliphatic heterocycles. The van der Waals surface area contributed by atoms with Gasteiger partial charge in [0.25, 0.3) is 0 Å². The molecule has 3 rings (SSSR count). The molecule has 0 aromatic heterocycles. The zero-order valence-electron chi connectivity index (χ0n) is 12.6. The summed E-state index contributed by atoms with van der Waals surface area (Å²) >= 11 is 18.3. The minimum absolute atomic E-state index is 0.0629. The van der Waals surface area contributed by atoms with Gasteiger partial charge in [-0.05, 0) is 49.0 Å². The van der Waals surface area contributed by atoms with Gasteiger partial charge < -0.3 is 4.90 Å². The predicted octanol–water partition coefficient (Wildman–Crippen LogP) is 5.17. The molecule has 0 radical (unpaired) electrons. The molecule has 2 aromatic carbocycles. The van der Waals surface area contributed by atoms with Crippen molar-refractivity contribution in [3.05, 3.63) is 68.7 Å². The number of likely N-dealkylation sites (tertiary alicyclic amines) is 1. The summed E-state index contributed by atoms with van der Waals surface area (Å²) in [5.41, 5.74) is 1.66. The number of benzene rings is 2. The van der Waals surface area contributed by atoms with Gasteiger partial charge in [-0.3, -0.25) is 4.79 Å². The zero-order valence-corrected chi connectivity index (χ0v) is 14.9. The van der Waals surface area contributed by atoms with Crippen molar-refractivity contribution in [2.24, 2.45) is 5.92 Å². The Labute approximate surface area is 151 Å². The van der Waals surface area contributed by atoms with Crippen molar-refractivity contribution in [2.45, 2.75) is 5.92 Å². The maximum absolute atomic E-state index is 12.9. The van der Waals surface area contributed by atoms with Crippen molar-refractivity contribution in [2.75, 3.05) is 20.1 Å². The first-order valence-corrected chi connectivity index (χ1v) is 8.52. The number of carbonyl (C=O) groups excluding carboxylic acids is 1. The van der Waals surface area contributed by atoms with Crippen LogP contribution in [0.3, 0.4) is 0 Å². The second-order valence-electron chi connectivity index (χ2n) is 5.97. The Kier molecular flexibility index (Phi) is 4.98. The summed E-state index contributed by atoms with van der Waals surface area (Å²) in [5.74, 6) is 0.0647. The quantitative estimate of drug-likeness (QED) is 0.696. The van der Waals surface area contributed by atoms with Gasteiger partial charge in [-0.2, -0.15) is 0 Å².